The number of nitriles is 1. The van der Waals surface area contributed by atoms with E-state index in [1.54, 1.807) is 16.6 Å². The lowest BCUT2D eigenvalue weighted by atomic mass is 10.0. The Hall–Kier alpha value is -5.02. The van der Waals surface area contributed by atoms with Gasteiger partial charge in [0.25, 0.3) is 5.91 Å². The van der Waals surface area contributed by atoms with E-state index in [9.17, 15) is 24.3 Å². The molecule has 1 saturated carbocycles. The SMILES string of the molecule is COC(=O)NC1(c2ccc(Nc3cc(-c4ccc5cc(C#N)cnn45)ncc3C(=O)NC[C@@H](F)C(C)(C)O)cc2)CC1. The van der Waals surface area contributed by atoms with E-state index >= 15 is 0 Å². The molecule has 0 saturated heterocycles. The van der Waals surface area contributed by atoms with Gasteiger partial charge >= 0.3 is 6.09 Å². The molecule has 1 aromatic carbocycles. The summed E-state index contributed by atoms with van der Waals surface area (Å²) in [6.07, 6.45) is 2.26. The summed E-state index contributed by atoms with van der Waals surface area (Å²) in [5.74, 6) is -0.573. The standard InChI is InChI=1S/C30H30FN7O4/c1-29(2,41)26(31)17-34-27(39)22-16-33-24(25-9-8-21-12-18(14-32)15-35-38(21)25)13-23(22)36-20-6-4-19(5-7-20)30(10-11-30)37-28(40)42-3/h4-9,12-13,15-16,26,41H,10-11,17H2,1-3H3,(H,33,36)(H,34,39)(H,37,40)/t26-/m1/s1. The van der Waals surface area contributed by atoms with Crippen LogP contribution in [0.2, 0.25) is 0 Å². The lowest BCUT2D eigenvalue weighted by molar-refractivity contribution is -0.00177. The second-order valence-electron chi connectivity index (χ2n) is 10.8. The van der Waals surface area contributed by atoms with Crippen LogP contribution in [0.15, 0.2) is 60.9 Å². The van der Waals surface area contributed by atoms with Crippen LogP contribution < -0.4 is 16.0 Å². The van der Waals surface area contributed by atoms with Gasteiger partial charge in [0.15, 0.2) is 0 Å². The fourth-order valence-corrected chi connectivity index (χ4v) is 4.55. The van der Waals surface area contributed by atoms with E-state index in [0.717, 1.165) is 18.4 Å². The molecule has 216 valence electrons. The summed E-state index contributed by atoms with van der Waals surface area (Å²) in [6.45, 7) is 2.28. The number of anilines is 2. The number of ether oxygens (including phenoxy) is 1. The number of hydrogen-bond acceptors (Lipinski definition) is 8. The van der Waals surface area contributed by atoms with Crippen LogP contribution in [0.1, 0.15) is 48.2 Å². The highest BCUT2D eigenvalue weighted by atomic mass is 19.1. The molecule has 2 amide bonds. The van der Waals surface area contributed by atoms with Gasteiger partial charge in [-0.2, -0.15) is 10.4 Å². The third kappa shape index (κ3) is 5.87. The third-order valence-electron chi connectivity index (χ3n) is 7.24. The van der Waals surface area contributed by atoms with Crippen molar-refractivity contribution >= 4 is 28.9 Å². The Balaban J connectivity index is 1.46. The largest absolute Gasteiger partial charge is 0.453 e. The number of hydrogen-bond donors (Lipinski definition) is 4. The minimum Gasteiger partial charge on any atom is -0.453 e. The number of nitrogens with one attached hydrogen (secondary N) is 3. The van der Waals surface area contributed by atoms with Crippen molar-refractivity contribution in [3.63, 3.8) is 0 Å². The second kappa shape index (κ2) is 11.1. The van der Waals surface area contributed by atoms with Crippen molar-refractivity contribution in [2.24, 2.45) is 0 Å². The van der Waals surface area contributed by atoms with Crippen molar-refractivity contribution in [2.45, 2.75) is 44.0 Å². The average Bonchev–Trinajstić information content (AvgIpc) is 3.63. The van der Waals surface area contributed by atoms with E-state index in [2.05, 4.69) is 32.1 Å². The molecule has 42 heavy (non-hydrogen) atoms. The molecular weight excluding hydrogens is 541 g/mol. The van der Waals surface area contributed by atoms with Gasteiger partial charge in [-0.25, -0.2) is 13.7 Å². The minimum absolute atomic E-state index is 0.164. The monoisotopic (exact) mass is 571 g/mol. The molecule has 4 N–H and O–H groups in total. The second-order valence-corrected chi connectivity index (χ2v) is 10.8. The summed E-state index contributed by atoms with van der Waals surface area (Å²) in [7, 11) is 1.32. The van der Waals surface area contributed by atoms with Crippen LogP contribution >= 0.6 is 0 Å². The van der Waals surface area contributed by atoms with Crippen LogP contribution in [-0.2, 0) is 10.3 Å². The smallest absolute Gasteiger partial charge is 0.407 e. The van der Waals surface area contributed by atoms with Gasteiger partial charge in [0, 0.05) is 11.9 Å². The Bertz CT molecular complexity index is 1680. The number of nitrogens with zero attached hydrogens (tertiary/aromatic N) is 4. The maximum atomic E-state index is 14.4. The number of carbonyl (C=O) groups is 2. The highest BCUT2D eigenvalue weighted by Crippen LogP contribution is 2.46. The average molecular weight is 572 g/mol. The molecule has 0 spiro atoms. The van der Waals surface area contributed by atoms with Crippen molar-refractivity contribution in [1.29, 1.82) is 5.26 Å². The van der Waals surface area contributed by atoms with Gasteiger partial charge in [0.2, 0.25) is 0 Å². The molecule has 1 aliphatic carbocycles. The van der Waals surface area contributed by atoms with Gasteiger partial charge < -0.3 is 25.8 Å². The van der Waals surface area contributed by atoms with E-state index in [-0.39, 0.29) is 12.1 Å². The molecular formula is C30H30FN7O4. The van der Waals surface area contributed by atoms with Gasteiger partial charge in [0.05, 0.1) is 64.7 Å². The molecule has 3 heterocycles. The normalized spacial score (nSPS) is 14.5. The maximum Gasteiger partial charge on any atom is 0.407 e. The van der Waals surface area contributed by atoms with Crippen molar-refractivity contribution in [2.75, 3.05) is 19.0 Å². The Kier molecular flexibility index (Phi) is 7.53. The van der Waals surface area contributed by atoms with E-state index in [1.165, 1.54) is 33.4 Å². The lowest BCUT2D eigenvalue weighted by Gasteiger charge is -2.22. The predicted molar refractivity (Wildman–Crippen MR) is 153 cm³/mol. The summed E-state index contributed by atoms with van der Waals surface area (Å²) in [5.41, 5.74) is 2.34. The zero-order valence-corrected chi connectivity index (χ0v) is 23.3. The first kappa shape index (κ1) is 28.5. The first-order valence-corrected chi connectivity index (χ1v) is 13.3. The molecule has 0 radical (unpaired) electrons. The molecule has 4 aromatic rings. The third-order valence-corrected chi connectivity index (χ3v) is 7.24. The Morgan fingerprint density at radius 3 is 2.57 bits per heavy atom. The van der Waals surface area contributed by atoms with Gasteiger partial charge in [0.1, 0.15) is 12.2 Å². The molecule has 0 aliphatic heterocycles. The van der Waals surface area contributed by atoms with Crippen LogP contribution in [0.5, 0.6) is 0 Å². The quantitative estimate of drug-likeness (QED) is 0.233. The molecule has 1 aliphatic rings. The number of alkyl carbamates (subject to hydrolysis) is 1. The van der Waals surface area contributed by atoms with Crippen molar-refractivity contribution in [1.82, 2.24) is 25.2 Å². The molecule has 0 bridgehead atoms. The van der Waals surface area contributed by atoms with Crippen LogP contribution in [0.4, 0.5) is 20.6 Å². The number of carbonyl (C=O) groups excluding carboxylic acids is 2. The van der Waals surface area contributed by atoms with Crippen molar-refractivity contribution in [3.05, 3.63) is 77.6 Å². The fourth-order valence-electron chi connectivity index (χ4n) is 4.55. The summed E-state index contributed by atoms with van der Waals surface area (Å²) in [5, 5.41) is 32.1. The minimum atomic E-state index is -1.68. The van der Waals surface area contributed by atoms with Crippen LogP contribution in [0, 0.1) is 11.3 Å². The highest BCUT2D eigenvalue weighted by Gasteiger charge is 2.46. The van der Waals surface area contributed by atoms with Crippen molar-refractivity contribution < 1.29 is 23.8 Å². The van der Waals surface area contributed by atoms with Crippen LogP contribution in [0.25, 0.3) is 16.9 Å². The topological polar surface area (TPSA) is 154 Å². The highest BCUT2D eigenvalue weighted by molar-refractivity contribution is 6.00. The number of fused-ring (bicyclic) bond motifs is 1. The van der Waals surface area contributed by atoms with Crippen LogP contribution in [-0.4, -0.2) is 57.1 Å². The van der Waals surface area contributed by atoms with Crippen molar-refractivity contribution in [3.8, 4) is 17.5 Å². The van der Waals surface area contributed by atoms with E-state index < -0.39 is 29.3 Å². The molecule has 1 atom stereocenters. The molecule has 5 rings (SSSR count). The van der Waals surface area contributed by atoms with Gasteiger partial charge in [-0.1, -0.05) is 12.1 Å². The molecule has 3 aromatic heterocycles. The van der Waals surface area contributed by atoms with Gasteiger partial charge in [-0.3, -0.25) is 9.78 Å². The number of halogens is 1. The molecule has 11 nitrogen and oxygen atoms in total. The number of rotatable bonds is 9. The zero-order valence-electron chi connectivity index (χ0n) is 23.3. The maximum absolute atomic E-state index is 14.4. The number of amides is 2. The summed E-state index contributed by atoms with van der Waals surface area (Å²) in [6, 6.07) is 16.5. The Morgan fingerprint density at radius 2 is 1.93 bits per heavy atom. The van der Waals surface area contributed by atoms with Crippen LogP contribution in [0.3, 0.4) is 0 Å². The summed E-state index contributed by atoms with van der Waals surface area (Å²) < 4.78 is 20.8. The number of pyridine rings is 1. The van der Waals surface area contributed by atoms with Gasteiger partial charge in [-0.15, -0.1) is 0 Å². The van der Waals surface area contributed by atoms with Gasteiger partial charge in [-0.05, 0) is 68.7 Å². The molecule has 12 heteroatoms. The molecule has 1 fully saturated rings. The first-order chi connectivity index (χ1) is 20.0. The van der Waals surface area contributed by atoms with E-state index in [4.69, 9.17) is 4.74 Å². The molecule has 0 unspecified atom stereocenters. The zero-order chi connectivity index (χ0) is 30.1. The summed E-state index contributed by atoms with van der Waals surface area (Å²) in [4.78, 5) is 29.4. The fraction of sp³-hybridized carbons (Fsp3) is 0.300. The number of benzene rings is 1. The summed E-state index contributed by atoms with van der Waals surface area (Å²) >= 11 is 0. The predicted octanol–water partition coefficient (Wildman–Crippen LogP) is 4.20. The Morgan fingerprint density at radius 1 is 1.19 bits per heavy atom. The number of aromatic nitrogens is 3. The van der Waals surface area contributed by atoms with E-state index in [1.807, 2.05) is 36.4 Å². The number of methoxy groups -OCH3 is 1. The Labute approximate surface area is 241 Å². The van der Waals surface area contributed by atoms with E-state index in [0.29, 0.717) is 33.8 Å². The first-order valence-electron chi connectivity index (χ1n) is 13.3. The number of aliphatic hydroxyl groups is 1. The lowest BCUT2D eigenvalue weighted by Crippen LogP contribution is -2.42. The number of alkyl halides is 1.